The van der Waals surface area contributed by atoms with Gasteiger partial charge in [0.1, 0.15) is 0 Å². The van der Waals surface area contributed by atoms with Crippen LogP contribution in [0.2, 0.25) is 5.02 Å². The average molecular weight is 295 g/mol. The van der Waals surface area contributed by atoms with Crippen molar-refractivity contribution in [2.75, 3.05) is 32.0 Å². The second kappa shape index (κ2) is 6.35. The van der Waals surface area contributed by atoms with Crippen molar-refractivity contribution in [1.29, 1.82) is 0 Å². The molecule has 6 nitrogen and oxygen atoms in total. The van der Waals surface area contributed by atoms with Crippen molar-refractivity contribution in [3.8, 4) is 0 Å². The molecule has 0 atom stereocenters. The quantitative estimate of drug-likeness (QED) is 0.636. The van der Waals surface area contributed by atoms with E-state index in [4.69, 9.17) is 27.5 Å². The predicted octanol–water partition coefficient (Wildman–Crippen LogP) is -0.102. The third kappa shape index (κ3) is 3.33. The normalized spacial score (nSPS) is 12.0. The molecule has 0 radical (unpaired) electrons. The van der Waals surface area contributed by atoms with E-state index in [0.29, 0.717) is 0 Å². The highest BCUT2D eigenvalue weighted by molar-refractivity contribution is 7.89. The van der Waals surface area contributed by atoms with E-state index in [1.54, 1.807) is 0 Å². The monoisotopic (exact) mass is 294 g/mol. The van der Waals surface area contributed by atoms with Crippen LogP contribution >= 0.6 is 11.6 Å². The van der Waals surface area contributed by atoms with Crippen molar-refractivity contribution in [2.24, 2.45) is 0 Å². The van der Waals surface area contributed by atoms with Gasteiger partial charge in [0.05, 0.1) is 28.8 Å². The molecule has 0 saturated heterocycles. The maximum absolute atomic E-state index is 12.2. The van der Waals surface area contributed by atoms with Gasteiger partial charge in [-0.25, -0.2) is 8.42 Å². The first-order chi connectivity index (χ1) is 8.43. The molecule has 18 heavy (non-hydrogen) atoms. The van der Waals surface area contributed by atoms with Crippen molar-refractivity contribution in [3.63, 3.8) is 0 Å². The Kier molecular flexibility index (Phi) is 5.36. The van der Waals surface area contributed by atoms with E-state index in [1.165, 1.54) is 18.2 Å². The lowest BCUT2D eigenvalue weighted by Crippen LogP contribution is -2.35. The Morgan fingerprint density at radius 3 is 2.22 bits per heavy atom. The van der Waals surface area contributed by atoms with Crippen molar-refractivity contribution >= 4 is 27.3 Å². The fourth-order valence-corrected chi connectivity index (χ4v) is 2.98. The van der Waals surface area contributed by atoms with Crippen molar-refractivity contribution in [3.05, 3.63) is 23.2 Å². The molecule has 0 amide bonds. The van der Waals surface area contributed by atoms with Crippen LogP contribution in [0.3, 0.4) is 0 Å². The minimum atomic E-state index is -3.79. The number of halogens is 1. The summed E-state index contributed by atoms with van der Waals surface area (Å²) in [5, 5.41) is 17.9. The van der Waals surface area contributed by atoms with Gasteiger partial charge in [-0.2, -0.15) is 4.31 Å². The number of nitrogen functional groups attached to an aromatic ring is 1. The topological polar surface area (TPSA) is 104 Å². The van der Waals surface area contributed by atoms with Gasteiger partial charge in [0.2, 0.25) is 10.0 Å². The highest BCUT2D eigenvalue weighted by Gasteiger charge is 2.24. The number of nitrogens with zero attached hydrogens (tertiary/aromatic N) is 1. The van der Waals surface area contributed by atoms with Crippen LogP contribution in [-0.2, 0) is 10.0 Å². The molecule has 0 aliphatic heterocycles. The summed E-state index contributed by atoms with van der Waals surface area (Å²) in [7, 11) is -3.79. The first-order valence-electron chi connectivity index (χ1n) is 5.20. The number of aliphatic hydroxyl groups excluding tert-OH is 2. The largest absolute Gasteiger partial charge is 0.397 e. The second-order valence-corrected chi connectivity index (χ2v) is 5.88. The molecular formula is C10H15ClN2O4S. The molecule has 1 aromatic carbocycles. The third-order valence-electron chi connectivity index (χ3n) is 2.30. The average Bonchev–Trinajstić information content (AvgIpc) is 2.32. The summed E-state index contributed by atoms with van der Waals surface area (Å²) in [6.07, 6.45) is 0. The molecule has 0 spiro atoms. The summed E-state index contributed by atoms with van der Waals surface area (Å²) < 4.78 is 25.3. The number of hydrogen-bond acceptors (Lipinski definition) is 5. The van der Waals surface area contributed by atoms with Crippen molar-refractivity contribution in [1.82, 2.24) is 4.31 Å². The van der Waals surface area contributed by atoms with E-state index in [2.05, 4.69) is 0 Å². The number of nitrogens with two attached hydrogens (primary N) is 1. The molecule has 0 aromatic heterocycles. The molecule has 4 N–H and O–H groups in total. The number of benzene rings is 1. The Morgan fingerprint density at radius 1 is 1.22 bits per heavy atom. The van der Waals surface area contributed by atoms with E-state index in [-0.39, 0.29) is 41.9 Å². The maximum Gasteiger partial charge on any atom is 0.243 e. The van der Waals surface area contributed by atoms with Crippen LogP contribution in [0, 0.1) is 0 Å². The number of sulfonamides is 1. The Morgan fingerprint density at radius 2 is 1.78 bits per heavy atom. The molecule has 0 bridgehead atoms. The van der Waals surface area contributed by atoms with E-state index >= 15 is 0 Å². The molecule has 102 valence electrons. The van der Waals surface area contributed by atoms with Crippen LogP contribution in [0.4, 0.5) is 5.69 Å². The number of rotatable bonds is 6. The highest BCUT2D eigenvalue weighted by atomic mass is 35.5. The highest BCUT2D eigenvalue weighted by Crippen LogP contribution is 2.24. The first kappa shape index (κ1) is 15.2. The fourth-order valence-electron chi connectivity index (χ4n) is 1.41. The Bertz CT molecular complexity index is 501. The number of aliphatic hydroxyl groups is 2. The van der Waals surface area contributed by atoms with Gasteiger partial charge in [-0.05, 0) is 18.2 Å². The van der Waals surface area contributed by atoms with Gasteiger partial charge < -0.3 is 15.9 Å². The molecule has 8 heteroatoms. The summed E-state index contributed by atoms with van der Waals surface area (Å²) in [6, 6.07) is 3.97. The Labute approximate surface area is 111 Å². The summed E-state index contributed by atoms with van der Waals surface area (Å²) in [4.78, 5) is -0.0219. The van der Waals surface area contributed by atoms with Gasteiger partial charge in [-0.3, -0.25) is 0 Å². The maximum atomic E-state index is 12.2. The SMILES string of the molecule is Nc1cc(S(=O)(=O)N(CCO)CCO)ccc1Cl. The van der Waals surface area contributed by atoms with Crippen LogP contribution in [0.25, 0.3) is 0 Å². The lowest BCUT2D eigenvalue weighted by atomic mass is 10.3. The van der Waals surface area contributed by atoms with Crippen molar-refractivity contribution in [2.45, 2.75) is 4.90 Å². The van der Waals surface area contributed by atoms with Gasteiger partial charge >= 0.3 is 0 Å². The summed E-state index contributed by atoms with van der Waals surface area (Å²) in [5.74, 6) is 0. The predicted molar refractivity (Wildman–Crippen MR) is 68.8 cm³/mol. The van der Waals surface area contributed by atoms with Gasteiger partial charge in [0.25, 0.3) is 0 Å². The minimum Gasteiger partial charge on any atom is -0.397 e. The molecule has 1 rings (SSSR count). The third-order valence-corrected chi connectivity index (χ3v) is 4.54. The standard InChI is InChI=1S/C10H15ClN2O4S/c11-9-2-1-8(7-10(9)12)18(16,17)13(3-5-14)4-6-15/h1-2,7,14-15H,3-6,12H2. The zero-order chi connectivity index (χ0) is 13.8. The van der Waals surface area contributed by atoms with Gasteiger partial charge in [-0.1, -0.05) is 11.6 Å². The lowest BCUT2D eigenvalue weighted by molar-refractivity contribution is 0.217. The fraction of sp³-hybridized carbons (Fsp3) is 0.400. The molecule has 0 aliphatic carbocycles. The van der Waals surface area contributed by atoms with Crippen molar-refractivity contribution < 1.29 is 18.6 Å². The Hall–Kier alpha value is -0.860. The van der Waals surface area contributed by atoms with E-state index in [1.807, 2.05) is 0 Å². The van der Waals surface area contributed by atoms with Gasteiger partial charge in [0.15, 0.2) is 0 Å². The minimum absolute atomic E-state index is 0.0219. The zero-order valence-corrected chi connectivity index (χ0v) is 11.2. The molecule has 0 heterocycles. The second-order valence-electron chi connectivity index (χ2n) is 3.53. The number of anilines is 1. The molecule has 0 aliphatic rings. The summed E-state index contributed by atoms with van der Waals surface area (Å²) in [6.45, 7) is -0.846. The smallest absolute Gasteiger partial charge is 0.243 e. The molecule has 0 saturated carbocycles. The first-order valence-corrected chi connectivity index (χ1v) is 7.02. The van der Waals surface area contributed by atoms with Gasteiger partial charge in [-0.15, -0.1) is 0 Å². The van der Waals surface area contributed by atoms with Crippen LogP contribution in [0.5, 0.6) is 0 Å². The zero-order valence-electron chi connectivity index (χ0n) is 9.58. The van der Waals surface area contributed by atoms with Crippen LogP contribution in [0.15, 0.2) is 23.1 Å². The van der Waals surface area contributed by atoms with E-state index in [9.17, 15) is 8.42 Å². The molecule has 1 aromatic rings. The van der Waals surface area contributed by atoms with E-state index < -0.39 is 10.0 Å². The van der Waals surface area contributed by atoms with Crippen LogP contribution < -0.4 is 5.73 Å². The molecular weight excluding hydrogens is 280 g/mol. The van der Waals surface area contributed by atoms with Crippen LogP contribution in [0.1, 0.15) is 0 Å². The molecule has 0 unspecified atom stereocenters. The van der Waals surface area contributed by atoms with Gasteiger partial charge in [0, 0.05) is 13.1 Å². The lowest BCUT2D eigenvalue weighted by Gasteiger charge is -2.20. The van der Waals surface area contributed by atoms with Crippen LogP contribution in [-0.4, -0.2) is 49.2 Å². The summed E-state index contributed by atoms with van der Waals surface area (Å²) >= 11 is 5.72. The summed E-state index contributed by atoms with van der Waals surface area (Å²) in [5.41, 5.74) is 5.71. The molecule has 0 fully saturated rings. The number of hydrogen-bond donors (Lipinski definition) is 3. The van der Waals surface area contributed by atoms with E-state index in [0.717, 1.165) is 4.31 Å². The Balaban J connectivity index is 3.13.